The number of piperazine rings is 1. The summed E-state index contributed by atoms with van der Waals surface area (Å²) in [5.41, 5.74) is 3.95. The van der Waals surface area contributed by atoms with Crippen molar-refractivity contribution in [3.63, 3.8) is 0 Å². The standard InChI is InChI=1S/C23H25N5O2/c1-17-20(16-27-14-12-26(2)13-15-27)22(19-10-6-7-11-21(19)28(29)30)25-23(24-17)18-8-4-3-5-9-18/h3-11H,12-16H2,1-2H3. The number of aromatic nitrogens is 2. The van der Waals surface area contributed by atoms with E-state index in [1.807, 2.05) is 43.3 Å². The normalized spacial score (nSPS) is 15.3. The molecule has 0 amide bonds. The molecule has 1 aliphatic heterocycles. The molecule has 30 heavy (non-hydrogen) atoms. The SMILES string of the molecule is Cc1nc(-c2ccccc2)nc(-c2ccccc2[N+](=O)[O-])c1CN1CCN(C)CC1. The van der Waals surface area contributed by atoms with E-state index in [0.717, 1.165) is 43.0 Å². The van der Waals surface area contributed by atoms with E-state index in [-0.39, 0.29) is 10.6 Å². The van der Waals surface area contributed by atoms with Crippen LogP contribution in [0.3, 0.4) is 0 Å². The molecule has 3 aromatic rings. The van der Waals surface area contributed by atoms with E-state index in [0.29, 0.717) is 23.6 Å². The number of nitro groups is 1. The van der Waals surface area contributed by atoms with Crippen molar-refractivity contribution < 1.29 is 4.92 Å². The minimum Gasteiger partial charge on any atom is -0.304 e. The van der Waals surface area contributed by atoms with E-state index < -0.39 is 0 Å². The lowest BCUT2D eigenvalue weighted by Crippen LogP contribution is -2.44. The molecular formula is C23H25N5O2. The minimum atomic E-state index is -0.339. The number of para-hydroxylation sites is 1. The minimum absolute atomic E-state index is 0.0641. The summed E-state index contributed by atoms with van der Waals surface area (Å²) < 4.78 is 0. The van der Waals surface area contributed by atoms with Crippen LogP contribution in [0.1, 0.15) is 11.3 Å². The Bertz CT molecular complexity index is 1050. The van der Waals surface area contributed by atoms with Gasteiger partial charge in [0.15, 0.2) is 5.82 Å². The Kier molecular flexibility index (Phi) is 5.83. The van der Waals surface area contributed by atoms with Crippen LogP contribution < -0.4 is 0 Å². The monoisotopic (exact) mass is 403 g/mol. The Morgan fingerprint density at radius 2 is 1.63 bits per heavy atom. The van der Waals surface area contributed by atoms with E-state index in [9.17, 15) is 10.1 Å². The second-order valence-corrected chi connectivity index (χ2v) is 7.68. The molecule has 0 atom stereocenters. The molecule has 1 saturated heterocycles. The summed E-state index contributed by atoms with van der Waals surface area (Å²) in [6, 6.07) is 16.6. The largest absolute Gasteiger partial charge is 0.304 e. The molecule has 1 aliphatic rings. The smallest absolute Gasteiger partial charge is 0.278 e. The highest BCUT2D eigenvalue weighted by atomic mass is 16.6. The zero-order valence-corrected chi connectivity index (χ0v) is 17.3. The van der Waals surface area contributed by atoms with Gasteiger partial charge in [-0.2, -0.15) is 0 Å². The van der Waals surface area contributed by atoms with Gasteiger partial charge < -0.3 is 4.90 Å². The summed E-state index contributed by atoms with van der Waals surface area (Å²) in [5.74, 6) is 0.586. The molecule has 7 nitrogen and oxygen atoms in total. The van der Waals surface area contributed by atoms with E-state index in [4.69, 9.17) is 9.97 Å². The Hall–Kier alpha value is -3.16. The second-order valence-electron chi connectivity index (χ2n) is 7.68. The van der Waals surface area contributed by atoms with Gasteiger partial charge in [0.25, 0.3) is 5.69 Å². The highest BCUT2D eigenvalue weighted by Gasteiger charge is 2.24. The van der Waals surface area contributed by atoms with E-state index >= 15 is 0 Å². The fourth-order valence-electron chi connectivity index (χ4n) is 3.79. The van der Waals surface area contributed by atoms with Gasteiger partial charge in [-0.25, -0.2) is 9.97 Å². The summed E-state index contributed by atoms with van der Waals surface area (Å²) in [6.07, 6.45) is 0. The number of likely N-dealkylation sites (N-methyl/N-ethyl adjacent to an activating group) is 1. The summed E-state index contributed by atoms with van der Waals surface area (Å²) in [5, 5.41) is 11.7. The van der Waals surface area contributed by atoms with Crippen LogP contribution >= 0.6 is 0 Å². The lowest BCUT2D eigenvalue weighted by molar-refractivity contribution is -0.384. The van der Waals surface area contributed by atoms with E-state index in [2.05, 4.69) is 16.8 Å². The molecule has 7 heteroatoms. The lowest BCUT2D eigenvalue weighted by atomic mass is 10.0. The third-order valence-electron chi connectivity index (χ3n) is 5.58. The van der Waals surface area contributed by atoms with Gasteiger partial charge in [-0.1, -0.05) is 42.5 Å². The van der Waals surface area contributed by atoms with Crippen LogP contribution in [-0.2, 0) is 6.54 Å². The first-order valence-electron chi connectivity index (χ1n) is 10.1. The van der Waals surface area contributed by atoms with Gasteiger partial charge in [-0.05, 0) is 20.0 Å². The molecule has 0 N–H and O–H groups in total. The first-order chi connectivity index (χ1) is 14.5. The number of rotatable bonds is 5. The fraction of sp³-hybridized carbons (Fsp3) is 0.304. The van der Waals surface area contributed by atoms with Gasteiger partial charge in [0.1, 0.15) is 0 Å². The Morgan fingerprint density at radius 3 is 2.33 bits per heavy atom. The van der Waals surface area contributed by atoms with Crippen LogP contribution in [0.4, 0.5) is 5.69 Å². The predicted molar refractivity (Wildman–Crippen MR) is 117 cm³/mol. The Balaban J connectivity index is 1.84. The molecule has 2 aromatic carbocycles. The maximum absolute atomic E-state index is 11.7. The van der Waals surface area contributed by atoms with Crippen LogP contribution in [0, 0.1) is 17.0 Å². The maximum Gasteiger partial charge on any atom is 0.278 e. The van der Waals surface area contributed by atoms with Crippen molar-refractivity contribution in [3.8, 4) is 22.6 Å². The molecule has 0 aliphatic carbocycles. The number of aryl methyl sites for hydroxylation is 1. The van der Waals surface area contributed by atoms with Crippen molar-refractivity contribution in [2.24, 2.45) is 0 Å². The van der Waals surface area contributed by atoms with Crippen LogP contribution in [0.15, 0.2) is 54.6 Å². The van der Waals surface area contributed by atoms with Gasteiger partial charge in [-0.3, -0.25) is 15.0 Å². The van der Waals surface area contributed by atoms with E-state index in [1.165, 1.54) is 6.07 Å². The second kappa shape index (κ2) is 8.69. The van der Waals surface area contributed by atoms with E-state index in [1.54, 1.807) is 12.1 Å². The topological polar surface area (TPSA) is 75.4 Å². The van der Waals surface area contributed by atoms with Crippen molar-refractivity contribution in [1.29, 1.82) is 0 Å². The molecule has 1 fully saturated rings. The molecule has 0 spiro atoms. The molecule has 4 rings (SSSR count). The first-order valence-corrected chi connectivity index (χ1v) is 10.1. The van der Waals surface area contributed by atoms with Gasteiger partial charge in [0, 0.05) is 55.6 Å². The molecule has 1 aromatic heterocycles. The lowest BCUT2D eigenvalue weighted by Gasteiger charge is -2.33. The van der Waals surface area contributed by atoms with Crippen molar-refractivity contribution in [1.82, 2.24) is 19.8 Å². The van der Waals surface area contributed by atoms with Crippen molar-refractivity contribution in [2.45, 2.75) is 13.5 Å². The molecule has 0 saturated carbocycles. The van der Waals surface area contributed by atoms with Crippen LogP contribution in [-0.4, -0.2) is 57.9 Å². The summed E-state index contributed by atoms with van der Waals surface area (Å²) in [4.78, 5) is 25.7. The molecule has 2 heterocycles. The summed E-state index contributed by atoms with van der Waals surface area (Å²) in [6.45, 7) is 6.55. The quantitative estimate of drug-likeness (QED) is 0.477. The Labute approximate surface area is 176 Å². The van der Waals surface area contributed by atoms with Crippen LogP contribution in [0.25, 0.3) is 22.6 Å². The zero-order chi connectivity index (χ0) is 21.1. The third-order valence-corrected chi connectivity index (χ3v) is 5.58. The van der Waals surface area contributed by atoms with Crippen molar-refractivity contribution in [2.75, 3.05) is 33.2 Å². The molecule has 0 bridgehead atoms. The average molecular weight is 403 g/mol. The number of nitro benzene ring substituents is 1. The first kappa shape index (κ1) is 20.1. The maximum atomic E-state index is 11.7. The molecule has 0 unspecified atom stereocenters. The molecule has 154 valence electrons. The number of benzene rings is 2. The van der Waals surface area contributed by atoms with Crippen LogP contribution in [0.5, 0.6) is 0 Å². The average Bonchev–Trinajstić information content (AvgIpc) is 2.77. The highest BCUT2D eigenvalue weighted by molar-refractivity contribution is 5.75. The van der Waals surface area contributed by atoms with Gasteiger partial charge in [-0.15, -0.1) is 0 Å². The fourth-order valence-corrected chi connectivity index (χ4v) is 3.79. The number of nitrogens with zero attached hydrogens (tertiary/aromatic N) is 5. The predicted octanol–water partition coefficient (Wildman–Crippen LogP) is 3.77. The molecule has 0 radical (unpaired) electrons. The van der Waals surface area contributed by atoms with Gasteiger partial charge >= 0.3 is 0 Å². The number of hydrogen-bond acceptors (Lipinski definition) is 6. The van der Waals surface area contributed by atoms with Gasteiger partial charge in [0.05, 0.1) is 16.2 Å². The summed E-state index contributed by atoms with van der Waals surface area (Å²) in [7, 11) is 2.12. The number of hydrogen-bond donors (Lipinski definition) is 0. The molecular weight excluding hydrogens is 378 g/mol. The van der Waals surface area contributed by atoms with Crippen molar-refractivity contribution >= 4 is 5.69 Å². The highest BCUT2D eigenvalue weighted by Crippen LogP contribution is 2.34. The third kappa shape index (κ3) is 4.22. The summed E-state index contributed by atoms with van der Waals surface area (Å²) >= 11 is 0. The zero-order valence-electron chi connectivity index (χ0n) is 17.3. The van der Waals surface area contributed by atoms with Gasteiger partial charge in [0.2, 0.25) is 0 Å². The van der Waals surface area contributed by atoms with Crippen LogP contribution in [0.2, 0.25) is 0 Å². The Morgan fingerprint density at radius 1 is 0.967 bits per heavy atom. The van der Waals surface area contributed by atoms with Crippen molar-refractivity contribution in [3.05, 3.63) is 76.0 Å².